The smallest absolute Gasteiger partial charge is 0.180 e. The van der Waals surface area contributed by atoms with Gasteiger partial charge in [0.2, 0.25) is 0 Å². The van der Waals surface area contributed by atoms with Gasteiger partial charge in [0.25, 0.3) is 0 Å². The third-order valence-electron chi connectivity index (χ3n) is 2.50. The minimum Gasteiger partial charge on any atom is -0.384 e. The molecular formula is C12H11N5. The van der Waals surface area contributed by atoms with E-state index < -0.39 is 0 Å². The summed E-state index contributed by atoms with van der Waals surface area (Å²) in [6, 6.07) is 9.42. The van der Waals surface area contributed by atoms with Crippen LogP contribution in [0, 0.1) is 6.92 Å². The van der Waals surface area contributed by atoms with Crippen LogP contribution >= 0.6 is 0 Å². The molecule has 0 aromatic carbocycles. The van der Waals surface area contributed by atoms with Crippen LogP contribution in [0.15, 0.2) is 30.3 Å². The maximum absolute atomic E-state index is 5.62. The number of hydrogen-bond acceptors (Lipinski definition) is 4. The van der Waals surface area contributed by atoms with E-state index in [1.807, 2.05) is 31.2 Å². The molecule has 3 rings (SSSR count). The summed E-state index contributed by atoms with van der Waals surface area (Å²) in [6.45, 7) is 1.95. The number of aromatic amines is 1. The van der Waals surface area contributed by atoms with Crippen LogP contribution in [0.1, 0.15) is 5.69 Å². The lowest BCUT2D eigenvalue weighted by Crippen LogP contribution is -1.89. The highest BCUT2D eigenvalue weighted by molar-refractivity contribution is 5.76. The van der Waals surface area contributed by atoms with Crippen molar-refractivity contribution in [2.75, 3.05) is 5.73 Å². The highest BCUT2D eigenvalue weighted by Gasteiger charge is 2.07. The maximum Gasteiger partial charge on any atom is 0.180 e. The van der Waals surface area contributed by atoms with Gasteiger partial charge in [-0.05, 0) is 31.2 Å². The van der Waals surface area contributed by atoms with E-state index in [1.165, 1.54) is 0 Å². The van der Waals surface area contributed by atoms with Crippen LogP contribution in [-0.4, -0.2) is 19.9 Å². The molecule has 0 saturated carbocycles. The Morgan fingerprint density at radius 3 is 2.76 bits per heavy atom. The third-order valence-corrected chi connectivity index (χ3v) is 2.50. The fourth-order valence-corrected chi connectivity index (χ4v) is 1.70. The summed E-state index contributed by atoms with van der Waals surface area (Å²) in [5.41, 5.74) is 8.85. The summed E-state index contributed by atoms with van der Waals surface area (Å²) in [5.74, 6) is 1.18. The van der Waals surface area contributed by atoms with Crippen molar-refractivity contribution in [2.45, 2.75) is 6.92 Å². The lowest BCUT2D eigenvalue weighted by molar-refractivity contribution is 1.16. The van der Waals surface area contributed by atoms with Gasteiger partial charge in [0.05, 0.1) is 5.52 Å². The molecule has 3 aromatic rings. The van der Waals surface area contributed by atoms with Gasteiger partial charge in [-0.25, -0.2) is 15.0 Å². The number of nitrogen functional groups attached to an aromatic ring is 1. The number of hydrogen-bond donors (Lipinski definition) is 2. The van der Waals surface area contributed by atoms with Crippen LogP contribution in [0.3, 0.4) is 0 Å². The van der Waals surface area contributed by atoms with Gasteiger partial charge in [-0.2, -0.15) is 0 Å². The average molecular weight is 225 g/mol. The van der Waals surface area contributed by atoms with Crippen molar-refractivity contribution in [3.05, 3.63) is 36.0 Å². The van der Waals surface area contributed by atoms with Gasteiger partial charge in [-0.3, -0.25) is 0 Å². The van der Waals surface area contributed by atoms with Crippen LogP contribution < -0.4 is 5.73 Å². The number of anilines is 1. The zero-order chi connectivity index (χ0) is 11.8. The van der Waals surface area contributed by atoms with E-state index in [4.69, 9.17) is 5.73 Å². The second kappa shape index (κ2) is 3.55. The molecule has 0 radical (unpaired) electrons. The molecule has 0 spiro atoms. The average Bonchev–Trinajstić information content (AvgIpc) is 2.72. The second-order valence-electron chi connectivity index (χ2n) is 3.86. The van der Waals surface area contributed by atoms with Crippen LogP contribution in [0.4, 0.5) is 5.82 Å². The number of imidazole rings is 1. The number of nitrogens with zero attached hydrogens (tertiary/aromatic N) is 3. The third kappa shape index (κ3) is 1.71. The molecular weight excluding hydrogens is 214 g/mol. The lowest BCUT2D eigenvalue weighted by atomic mass is 10.3. The van der Waals surface area contributed by atoms with Crippen molar-refractivity contribution in [2.24, 2.45) is 0 Å². The Labute approximate surface area is 97.7 Å². The monoisotopic (exact) mass is 225 g/mol. The number of fused-ring (bicyclic) bond motifs is 1. The molecule has 0 saturated heterocycles. The molecule has 17 heavy (non-hydrogen) atoms. The van der Waals surface area contributed by atoms with Crippen molar-refractivity contribution in [3.8, 4) is 11.5 Å². The summed E-state index contributed by atoms with van der Waals surface area (Å²) in [6.07, 6.45) is 0. The predicted octanol–water partition coefficient (Wildman–Crippen LogP) is 1.91. The first kappa shape index (κ1) is 9.77. The minimum atomic E-state index is 0.466. The zero-order valence-corrected chi connectivity index (χ0v) is 9.31. The molecule has 3 N–H and O–H groups in total. The molecule has 0 aliphatic carbocycles. The van der Waals surface area contributed by atoms with Crippen LogP contribution in [0.25, 0.3) is 22.7 Å². The molecule has 0 amide bonds. The van der Waals surface area contributed by atoms with E-state index in [2.05, 4.69) is 19.9 Å². The first-order chi connectivity index (χ1) is 8.22. The molecule has 0 unspecified atom stereocenters. The first-order valence-corrected chi connectivity index (χ1v) is 5.29. The number of pyridine rings is 2. The Morgan fingerprint density at radius 2 is 1.94 bits per heavy atom. The molecule has 0 aliphatic heterocycles. The van der Waals surface area contributed by atoms with E-state index in [-0.39, 0.29) is 0 Å². The van der Waals surface area contributed by atoms with Crippen molar-refractivity contribution < 1.29 is 0 Å². The predicted molar refractivity (Wildman–Crippen MR) is 66.3 cm³/mol. The number of H-pyrrole nitrogens is 1. The maximum atomic E-state index is 5.62. The minimum absolute atomic E-state index is 0.466. The van der Waals surface area contributed by atoms with E-state index in [1.54, 1.807) is 6.07 Å². The highest BCUT2D eigenvalue weighted by Crippen LogP contribution is 2.18. The lowest BCUT2D eigenvalue weighted by Gasteiger charge is -1.96. The highest BCUT2D eigenvalue weighted by atomic mass is 15.0. The summed E-state index contributed by atoms with van der Waals surface area (Å²) in [4.78, 5) is 16.1. The van der Waals surface area contributed by atoms with Crippen LogP contribution in [-0.2, 0) is 0 Å². The van der Waals surface area contributed by atoms with Gasteiger partial charge in [0, 0.05) is 5.69 Å². The standard InChI is InChI=1S/C12H11N5/c1-7-3-2-4-8(14-7)11-15-9-5-6-10(13)16-12(9)17-11/h2-6H,1H3,(H3,13,15,16,17). The molecule has 84 valence electrons. The summed E-state index contributed by atoms with van der Waals surface area (Å²) in [5, 5.41) is 0. The van der Waals surface area contributed by atoms with E-state index >= 15 is 0 Å². The second-order valence-corrected chi connectivity index (χ2v) is 3.86. The van der Waals surface area contributed by atoms with Gasteiger partial charge < -0.3 is 10.7 Å². The molecule has 0 atom stereocenters. The van der Waals surface area contributed by atoms with Crippen molar-refractivity contribution >= 4 is 17.0 Å². The number of aromatic nitrogens is 4. The Kier molecular flexibility index (Phi) is 2.04. The molecule has 0 fully saturated rings. The molecule has 5 nitrogen and oxygen atoms in total. The normalized spacial score (nSPS) is 10.9. The van der Waals surface area contributed by atoms with E-state index in [0.717, 1.165) is 16.9 Å². The summed E-state index contributed by atoms with van der Waals surface area (Å²) >= 11 is 0. The Morgan fingerprint density at radius 1 is 1.06 bits per heavy atom. The Balaban J connectivity index is 2.18. The van der Waals surface area contributed by atoms with Gasteiger partial charge in [0.1, 0.15) is 11.5 Å². The van der Waals surface area contributed by atoms with E-state index in [9.17, 15) is 0 Å². The Hall–Kier alpha value is -2.43. The number of nitrogens with two attached hydrogens (primary N) is 1. The van der Waals surface area contributed by atoms with Crippen molar-refractivity contribution in [3.63, 3.8) is 0 Å². The Bertz CT molecular complexity index is 686. The topological polar surface area (TPSA) is 80.5 Å². The van der Waals surface area contributed by atoms with Crippen molar-refractivity contribution in [1.29, 1.82) is 0 Å². The van der Waals surface area contributed by atoms with Gasteiger partial charge in [0.15, 0.2) is 11.5 Å². The largest absolute Gasteiger partial charge is 0.384 e. The fourth-order valence-electron chi connectivity index (χ4n) is 1.70. The summed E-state index contributed by atoms with van der Waals surface area (Å²) < 4.78 is 0. The fraction of sp³-hybridized carbons (Fsp3) is 0.0833. The van der Waals surface area contributed by atoms with Crippen LogP contribution in [0.5, 0.6) is 0 Å². The first-order valence-electron chi connectivity index (χ1n) is 5.29. The zero-order valence-electron chi connectivity index (χ0n) is 9.31. The molecule has 5 heteroatoms. The van der Waals surface area contributed by atoms with Gasteiger partial charge in [-0.1, -0.05) is 6.07 Å². The van der Waals surface area contributed by atoms with Crippen molar-refractivity contribution in [1.82, 2.24) is 19.9 Å². The molecule has 0 bridgehead atoms. The van der Waals surface area contributed by atoms with Gasteiger partial charge in [-0.15, -0.1) is 0 Å². The molecule has 3 heterocycles. The number of rotatable bonds is 1. The molecule has 3 aromatic heterocycles. The number of nitrogens with one attached hydrogen (secondary N) is 1. The SMILES string of the molecule is Cc1cccc(-c2nc3nc(N)ccc3[nH]2)n1. The van der Waals surface area contributed by atoms with Crippen LogP contribution in [0.2, 0.25) is 0 Å². The molecule has 0 aliphatic rings. The summed E-state index contributed by atoms with van der Waals surface area (Å²) in [7, 11) is 0. The quantitative estimate of drug-likeness (QED) is 0.663. The van der Waals surface area contributed by atoms with Gasteiger partial charge >= 0.3 is 0 Å². The van der Waals surface area contributed by atoms with E-state index in [0.29, 0.717) is 17.3 Å². The number of aryl methyl sites for hydroxylation is 1.